The van der Waals surface area contributed by atoms with E-state index in [1.807, 2.05) is 6.26 Å². The first kappa shape index (κ1) is 12.3. The fraction of sp³-hybridized carbons (Fsp3) is 0.714. The fourth-order valence-corrected chi connectivity index (χ4v) is 3.17. The maximum absolute atomic E-state index is 5.78. The zero-order valence-corrected chi connectivity index (χ0v) is 10.5. The monoisotopic (exact) mass is 251 g/mol. The smallest absolute Gasteiger partial charge is 0.175 e. The molecule has 14 heavy (non-hydrogen) atoms. The maximum atomic E-state index is 5.78. The summed E-state index contributed by atoms with van der Waals surface area (Å²) in [5.74, 6) is 0.816. The van der Waals surface area contributed by atoms with E-state index in [4.69, 9.17) is 10.5 Å². The van der Waals surface area contributed by atoms with Crippen molar-refractivity contribution in [2.24, 2.45) is 5.73 Å². The van der Waals surface area contributed by atoms with Gasteiger partial charge in [-0.2, -0.15) is 0 Å². The Morgan fingerprint density at radius 3 is 2.79 bits per heavy atom. The van der Waals surface area contributed by atoms with Gasteiger partial charge >= 0.3 is 0 Å². The molecule has 1 unspecified atom stereocenters. The second kappa shape index (κ2) is 6.62. The SMILES string of the molecule is COCC(N)CSc1nnc(SC)s1. The molecule has 0 saturated carbocycles. The summed E-state index contributed by atoms with van der Waals surface area (Å²) in [6.07, 6.45) is 1.99. The highest BCUT2D eigenvalue weighted by Gasteiger charge is 2.07. The van der Waals surface area contributed by atoms with Gasteiger partial charge in [0.15, 0.2) is 8.68 Å². The Labute approximate surface area is 96.0 Å². The summed E-state index contributed by atoms with van der Waals surface area (Å²) in [6.45, 7) is 0.585. The Balaban J connectivity index is 2.30. The highest BCUT2D eigenvalue weighted by molar-refractivity contribution is 8.03. The first-order valence-electron chi connectivity index (χ1n) is 4.01. The highest BCUT2D eigenvalue weighted by Crippen LogP contribution is 2.27. The van der Waals surface area contributed by atoms with Gasteiger partial charge in [0, 0.05) is 18.9 Å². The van der Waals surface area contributed by atoms with E-state index in [0.29, 0.717) is 6.61 Å². The largest absolute Gasteiger partial charge is 0.383 e. The van der Waals surface area contributed by atoms with E-state index in [1.165, 1.54) is 0 Å². The van der Waals surface area contributed by atoms with Crippen molar-refractivity contribution in [2.75, 3.05) is 25.7 Å². The third-order valence-electron chi connectivity index (χ3n) is 1.36. The molecular formula is C7H13N3OS3. The molecule has 1 heterocycles. The van der Waals surface area contributed by atoms with Crippen molar-refractivity contribution in [3.63, 3.8) is 0 Å². The molecular weight excluding hydrogens is 238 g/mol. The Morgan fingerprint density at radius 2 is 2.21 bits per heavy atom. The van der Waals surface area contributed by atoms with Gasteiger partial charge in [0.25, 0.3) is 0 Å². The molecule has 2 N–H and O–H groups in total. The van der Waals surface area contributed by atoms with Gasteiger partial charge in [-0.25, -0.2) is 0 Å². The number of hydrogen-bond donors (Lipinski definition) is 1. The van der Waals surface area contributed by atoms with Crippen LogP contribution >= 0.6 is 34.9 Å². The molecule has 1 aromatic heterocycles. The normalized spacial score (nSPS) is 13.1. The number of hydrogen-bond acceptors (Lipinski definition) is 7. The fourth-order valence-electron chi connectivity index (χ4n) is 0.779. The molecule has 1 rings (SSSR count). The van der Waals surface area contributed by atoms with Crippen LogP contribution in [0, 0.1) is 0 Å². The van der Waals surface area contributed by atoms with E-state index < -0.39 is 0 Å². The number of thioether (sulfide) groups is 2. The van der Waals surface area contributed by atoms with Gasteiger partial charge in [-0.3, -0.25) is 0 Å². The number of nitrogens with zero attached hydrogens (tertiary/aromatic N) is 2. The molecule has 0 spiro atoms. The van der Waals surface area contributed by atoms with Crippen LogP contribution in [-0.4, -0.2) is 42.0 Å². The topological polar surface area (TPSA) is 61.0 Å². The number of methoxy groups -OCH3 is 1. The van der Waals surface area contributed by atoms with Gasteiger partial charge in [-0.15, -0.1) is 10.2 Å². The van der Waals surface area contributed by atoms with Crippen molar-refractivity contribution in [2.45, 2.75) is 14.7 Å². The van der Waals surface area contributed by atoms with E-state index >= 15 is 0 Å². The summed E-state index contributed by atoms with van der Waals surface area (Å²) >= 11 is 4.84. The minimum atomic E-state index is 0.0617. The molecule has 0 radical (unpaired) electrons. The number of ether oxygens (including phenoxy) is 1. The minimum absolute atomic E-state index is 0.0617. The van der Waals surface area contributed by atoms with Crippen molar-refractivity contribution < 1.29 is 4.74 Å². The Hall–Kier alpha value is 0.180. The van der Waals surface area contributed by atoms with Gasteiger partial charge in [-0.05, 0) is 6.26 Å². The summed E-state index contributed by atoms with van der Waals surface area (Å²) in [4.78, 5) is 0. The predicted octanol–water partition coefficient (Wildman–Crippen LogP) is 1.33. The van der Waals surface area contributed by atoms with Crippen LogP contribution < -0.4 is 5.73 Å². The van der Waals surface area contributed by atoms with Crippen molar-refractivity contribution in [3.05, 3.63) is 0 Å². The van der Waals surface area contributed by atoms with Crippen molar-refractivity contribution in [1.29, 1.82) is 0 Å². The molecule has 1 atom stereocenters. The quantitative estimate of drug-likeness (QED) is 0.770. The Bertz CT molecular complexity index is 268. The molecule has 4 nitrogen and oxygen atoms in total. The lowest BCUT2D eigenvalue weighted by molar-refractivity contribution is 0.186. The zero-order valence-electron chi connectivity index (χ0n) is 8.10. The third kappa shape index (κ3) is 4.14. The molecule has 0 fully saturated rings. The molecule has 0 amide bonds. The average molecular weight is 251 g/mol. The third-order valence-corrected chi connectivity index (χ3v) is 4.58. The molecule has 0 aliphatic carbocycles. The van der Waals surface area contributed by atoms with Crippen molar-refractivity contribution in [1.82, 2.24) is 10.2 Å². The Kier molecular flexibility index (Phi) is 5.80. The van der Waals surface area contributed by atoms with E-state index in [9.17, 15) is 0 Å². The lowest BCUT2D eigenvalue weighted by Gasteiger charge is -2.07. The second-order valence-corrected chi connectivity index (χ2v) is 5.86. The second-order valence-electron chi connectivity index (χ2n) is 2.56. The molecule has 0 aliphatic heterocycles. The summed E-state index contributed by atoms with van der Waals surface area (Å²) in [5, 5.41) is 8.03. The van der Waals surface area contributed by atoms with E-state index in [1.54, 1.807) is 42.0 Å². The van der Waals surface area contributed by atoms with Crippen LogP contribution in [0.5, 0.6) is 0 Å². The van der Waals surface area contributed by atoms with Crippen LogP contribution in [0.3, 0.4) is 0 Å². The van der Waals surface area contributed by atoms with E-state index in [2.05, 4.69) is 10.2 Å². The summed E-state index contributed by atoms with van der Waals surface area (Å²) < 4.78 is 6.91. The van der Waals surface area contributed by atoms with Gasteiger partial charge < -0.3 is 10.5 Å². The maximum Gasteiger partial charge on any atom is 0.175 e. The molecule has 1 aromatic rings. The molecule has 7 heteroatoms. The lowest BCUT2D eigenvalue weighted by atomic mass is 10.4. The number of nitrogens with two attached hydrogens (primary N) is 1. The van der Waals surface area contributed by atoms with Crippen LogP contribution in [-0.2, 0) is 4.74 Å². The summed E-state index contributed by atoms with van der Waals surface area (Å²) in [6, 6.07) is 0.0617. The van der Waals surface area contributed by atoms with Crippen LogP contribution in [0.2, 0.25) is 0 Å². The lowest BCUT2D eigenvalue weighted by Crippen LogP contribution is -2.27. The Morgan fingerprint density at radius 1 is 1.50 bits per heavy atom. The summed E-state index contributed by atoms with van der Waals surface area (Å²) in [5.41, 5.74) is 5.78. The highest BCUT2D eigenvalue weighted by atomic mass is 32.2. The van der Waals surface area contributed by atoms with E-state index in [0.717, 1.165) is 14.4 Å². The van der Waals surface area contributed by atoms with Crippen molar-refractivity contribution >= 4 is 34.9 Å². The predicted molar refractivity (Wildman–Crippen MR) is 62.3 cm³/mol. The molecule has 0 bridgehead atoms. The first-order chi connectivity index (χ1) is 6.76. The number of rotatable bonds is 6. The van der Waals surface area contributed by atoms with E-state index in [-0.39, 0.29) is 6.04 Å². The minimum Gasteiger partial charge on any atom is -0.383 e. The molecule has 80 valence electrons. The molecule has 0 saturated heterocycles. The van der Waals surface area contributed by atoms with Crippen LogP contribution in [0.1, 0.15) is 0 Å². The average Bonchev–Trinajstić information content (AvgIpc) is 2.63. The van der Waals surface area contributed by atoms with Crippen molar-refractivity contribution in [3.8, 4) is 0 Å². The standard InChI is InChI=1S/C7H13N3OS3/c1-11-3-5(8)4-13-7-10-9-6(12-2)14-7/h5H,3-4,8H2,1-2H3. The van der Waals surface area contributed by atoms with Gasteiger partial charge in [0.1, 0.15) is 0 Å². The van der Waals surface area contributed by atoms with Gasteiger partial charge in [-0.1, -0.05) is 34.9 Å². The molecule has 0 aromatic carbocycles. The first-order valence-corrected chi connectivity index (χ1v) is 7.03. The zero-order chi connectivity index (χ0) is 10.4. The van der Waals surface area contributed by atoms with Crippen LogP contribution in [0.25, 0.3) is 0 Å². The molecule has 0 aliphatic rings. The van der Waals surface area contributed by atoms with Crippen LogP contribution in [0.15, 0.2) is 8.68 Å². The van der Waals surface area contributed by atoms with Gasteiger partial charge in [0.05, 0.1) is 6.61 Å². The van der Waals surface area contributed by atoms with Gasteiger partial charge in [0.2, 0.25) is 0 Å². The number of aromatic nitrogens is 2. The summed E-state index contributed by atoms with van der Waals surface area (Å²) in [7, 11) is 1.65. The van der Waals surface area contributed by atoms with Crippen LogP contribution in [0.4, 0.5) is 0 Å².